The van der Waals surface area contributed by atoms with Gasteiger partial charge in [0.15, 0.2) is 5.82 Å². The molecule has 0 unspecified atom stereocenters. The number of benzene rings is 1. The van der Waals surface area contributed by atoms with Crippen molar-refractivity contribution in [3.8, 4) is 0 Å². The van der Waals surface area contributed by atoms with Crippen molar-refractivity contribution < 1.29 is 9.18 Å². The quantitative estimate of drug-likeness (QED) is 0.648. The summed E-state index contributed by atoms with van der Waals surface area (Å²) in [5.74, 6) is 0.558. The van der Waals surface area contributed by atoms with Gasteiger partial charge >= 0.3 is 0 Å². The molecule has 7 nitrogen and oxygen atoms in total. The van der Waals surface area contributed by atoms with Gasteiger partial charge in [-0.3, -0.25) is 4.79 Å². The number of halogens is 1. The van der Waals surface area contributed by atoms with Gasteiger partial charge in [0.2, 0.25) is 11.9 Å². The number of aromatic amines is 1. The lowest BCUT2D eigenvalue weighted by Crippen LogP contribution is -2.27. The van der Waals surface area contributed by atoms with E-state index in [2.05, 4.69) is 32.3 Å². The minimum Gasteiger partial charge on any atom is -0.361 e. The Kier molecular flexibility index (Phi) is 4.23. The molecular formula is C19H19FN6O. The number of aromatic nitrogens is 4. The van der Waals surface area contributed by atoms with Gasteiger partial charge in [-0.1, -0.05) is 6.58 Å². The molecule has 27 heavy (non-hydrogen) atoms. The van der Waals surface area contributed by atoms with Gasteiger partial charge in [-0.15, -0.1) is 5.10 Å². The van der Waals surface area contributed by atoms with E-state index in [1.807, 2.05) is 19.2 Å². The number of nitrogens with zero attached hydrogens (tertiary/aromatic N) is 3. The Bertz CT molecular complexity index is 1080. The SMILES string of the molecule is C=C1C=C(C)n2nc(CC(=O)NCCc3c[nH]c4ccc(F)cc34)nc2N1. The van der Waals surface area contributed by atoms with Crippen molar-refractivity contribution in [3.63, 3.8) is 0 Å². The smallest absolute Gasteiger partial charge is 0.230 e. The Morgan fingerprint density at radius 3 is 3.11 bits per heavy atom. The summed E-state index contributed by atoms with van der Waals surface area (Å²) in [6.07, 6.45) is 4.39. The number of fused-ring (bicyclic) bond motifs is 2. The molecule has 3 N–H and O–H groups in total. The van der Waals surface area contributed by atoms with E-state index < -0.39 is 0 Å². The zero-order valence-corrected chi connectivity index (χ0v) is 14.8. The molecule has 1 amide bonds. The van der Waals surface area contributed by atoms with Crippen LogP contribution in [-0.4, -0.2) is 32.2 Å². The second kappa shape index (κ2) is 6.71. The minimum atomic E-state index is -0.275. The second-order valence-corrected chi connectivity index (χ2v) is 6.48. The van der Waals surface area contributed by atoms with Crippen molar-refractivity contribution in [3.05, 3.63) is 60.0 Å². The van der Waals surface area contributed by atoms with Crippen molar-refractivity contribution in [2.75, 3.05) is 11.9 Å². The van der Waals surface area contributed by atoms with Gasteiger partial charge < -0.3 is 15.6 Å². The molecular weight excluding hydrogens is 347 g/mol. The maximum absolute atomic E-state index is 13.4. The topological polar surface area (TPSA) is 87.6 Å². The number of amides is 1. The number of carbonyl (C=O) groups is 1. The van der Waals surface area contributed by atoms with Crippen molar-refractivity contribution in [1.29, 1.82) is 0 Å². The first-order valence-electron chi connectivity index (χ1n) is 8.62. The average Bonchev–Trinajstić information content (AvgIpc) is 3.18. The predicted molar refractivity (Wildman–Crippen MR) is 101 cm³/mol. The molecule has 0 spiro atoms. The highest BCUT2D eigenvalue weighted by Gasteiger charge is 2.17. The third-order valence-corrected chi connectivity index (χ3v) is 4.41. The summed E-state index contributed by atoms with van der Waals surface area (Å²) in [5, 5.41) is 11.1. The summed E-state index contributed by atoms with van der Waals surface area (Å²) in [7, 11) is 0. The van der Waals surface area contributed by atoms with E-state index >= 15 is 0 Å². The highest BCUT2D eigenvalue weighted by Crippen LogP contribution is 2.21. The number of anilines is 1. The van der Waals surface area contributed by atoms with Crippen LogP contribution in [0.1, 0.15) is 18.3 Å². The Morgan fingerprint density at radius 2 is 2.26 bits per heavy atom. The van der Waals surface area contributed by atoms with E-state index in [0.717, 1.165) is 27.9 Å². The average molecular weight is 366 g/mol. The summed E-state index contributed by atoms with van der Waals surface area (Å²) >= 11 is 0. The third kappa shape index (κ3) is 3.46. The monoisotopic (exact) mass is 366 g/mol. The molecule has 3 aromatic rings. The number of H-pyrrole nitrogens is 1. The van der Waals surface area contributed by atoms with E-state index in [1.54, 1.807) is 10.7 Å². The molecule has 1 aliphatic heterocycles. The van der Waals surface area contributed by atoms with E-state index in [4.69, 9.17) is 0 Å². The molecule has 8 heteroatoms. The molecule has 1 aliphatic rings. The van der Waals surface area contributed by atoms with Crippen molar-refractivity contribution in [1.82, 2.24) is 25.1 Å². The fourth-order valence-corrected chi connectivity index (χ4v) is 3.15. The number of hydrogen-bond acceptors (Lipinski definition) is 4. The zero-order chi connectivity index (χ0) is 19.0. The third-order valence-electron chi connectivity index (χ3n) is 4.41. The van der Waals surface area contributed by atoms with Crippen molar-refractivity contribution >= 4 is 28.5 Å². The molecule has 1 aromatic carbocycles. The summed E-state index contributed by atoms with van der Waals surface area (Å²) in [5.41, 5.74) is 3.46. The zero-order valence-electron chi connectivity index (χ0n) is 14.8. The van der Waals surface area contributed by atoms with E-state index in [-0.39, 0.29) is 18.1 Å². The van der Waals surface area contributed by atoms with Gasteiger partial charge in [-0.2, -0.15) is 4.98 Å². The summed E-state index contributed by atoms with van der Waals surface area (Å²) in [6.45, 7) is 6.20. The van der Waals surface area contributed by atoms with Crippen LogP contribution in [0.15, 0.2) is 42.7 Å². The van der Waals surface area contributed by atoms with Crippen LogP contribution in [0, 0.1) is 5.82 Å². The molecule has 0 aliphatic carbocycles. The normalized spacial score (nSPS) is 13.3. The summed E-state index contributed by atoms with van der Waals surface area (Å²) < 4.78 is 15.1. The van der Waals surface area contributed by atoms with E-state index in [1.165, 1.54) is 12.1 Å². The fourth-order valence-electron chi connectivity index (χ4n) is 3.15. The van der Waals surface area contributed by atoms with Gasteiger partial charge in [0.1, 0.15) is 5.82 Å². The van der Waals surface area contributed by atoms with Crippen LogP contribution in [0.3, 0.4) is 0 Å². The van der Waals surface area contributed by atoms with Crippen LogP contribution >= 0.6 is 0 Å². The molecule has 0 saturated heterocycles. The van der Waals surface area contributed by atoms with Gasteiger partial charge in [0, 0.05) is 35.0 Å². The fraction of sp³-hybridized carbons (Fsp3) is 0.211. The highest BCUT2D eigenvalue weighted by molar-refractivity contribution is 5.83. The van der Waals surface area contributed by atoms with Gasteiger partial charge in [-0.25, -0.2) is 9.07 Å². The maximum atomic E-state index is 13.4. The van der Waals surface area contributed by atoms with E-state index in [0.29, 0.717) is 24.7 Å². The van der Waals surface area contributed by atoms with Crippen molar-refractivity contribution in [2.45, 2.75) is 19.8 Å². The summed E-state index contributed by atoms with van der Waals surface area (Å²) in [6, 6.07) is 4.63. The van der Waals surface area contributed by atoms with Gasteiger partial charge in [-0.05, 0) is 43.2 Å². The summed E-state index contributed by atoms with van der Waals surface area (Å²) in [4.78, 5) is 19.6. The standard InChI is InChI=1S/C19H19FN6O/c1-11-7-12(2)26-19(23-11)24-17(25-26)9-18(27)21-6-5-13-10-22-16-4-3-14(20)8-15(13)16/h3-4,7-8,10,22H,1,5-6,9H2,2H3,(H,21,27)(H,23,24,25). The Hall–Kier alpha value is -3.42. The molecule has 0 atom stereocenters. The van der Waals surface area contributed by atoms with Crippen LogP contribution < -0.4 is 10.6 Å². The molecule has 2 aromatic heterocycles. The first-order valence-corrected chi connectivity index (χ1v) is 8.62. The van der Waals surface area contributed by atoms with Crippen LogP contribution in [-0.2, 0) is 17.6 Å². The molecule has 0 saturated carbocycles. The first-order chi connectivity index (χ1) is 13.0. The van der Waals surface area contributed by atoms with Crippen molar-refractivity contribution in [2.24, 2.45) is 0 Å². The lowest BCUT2D eigenvalue weighted by molar-refractivity contribution is -0.120. The molecule has 138 valence electrons. The number of carbonyl (C=O) groups excluding carboxylic acids is 1. The van der Waals surface area contributed by atoms with Gasteiger partial charge in [0.05, 0.1) is 6.42 Å². The second-order valence-electron chi connectivity index (χ2n) is 6.48. The lowest BCUT2D eigenvalue weighted by atomic mass is 10.1. The Morgan fingerprint density at radius 1 is 1.41 bits per heavy atom. The van der Waals surface area contributed by atoms with Crippen LogP contribution in [0.4, 0.5) is 10.3 Å². The molecule has 0 bridgehead atoms. The molecule has 3 heterocycles. The number of rotatable bonds is 5. The highest BCUT2D eigenvalue weighted by atomic mass is 19.1. The van der Waals surface area contributed by atoms with Gasteiger partial charge in [0.25, 0.3) is 0 Å². The first kappa shape index (κ1) is 17.0. The van der Waals surface area contributed by atoms with Crippen LogP contribution in [0.2, 0.25) is 0 Å². The molecule has 0 fully saturated rings. The minimum absolute atomic E-state index is 0.0873. The number of hydrogen-bond donors (Lipinski definition) is 3. The van der Waals surface area contributed by atoms with E-state index in [9.17, 15) is 9.18 Å². The van der Waals surface area contributed by atoms with Crippen LogP contribution in [0.25, 0.3) is 16.6 Å². The molecule has 4 rings (SSSR count). The Labute approximate surface area is 155 Å². The molecule has 0 radical (unpaired) electrons. The number of nitrogens with one attached hydrogen (secondary N) is 3. The Balaban J connectivity index is 1.35. The predicted octanol–water partition coefficient (Wildman–Crippen LogP) is 2.60. The lowest BCUT2D eigenvalue weighted by Gasteiger charge is -2.13. The van der Waals surface area contributed by atoms with Crippen LogP contribution in [0.5, 0.6) is 0 Å². The largest absolute Gasteiger partial charge is 0.361 e. The maximum Gasteiger partial charge on any atom is 0.230 e. The number of allylic oxidation sites excluding steroid dienone is 2.